The van der Waals surface area contributed by atoms with Crippen molar-refractivity contribution in [3.8, 4) is 0 Å². The molecular weight excluding hydrogens is 106 g/mol. The lowest BCUT2D eigenvalue weighted by atomic mass is 10.5. The summed E-state index contributed by atoms with van der Waals surface area (Å²) >= 11 is 4.05. The van der Waals surface area contributed by atoms with Gasteiger partial charge in [0.05, 0.1) is 5.49 Å². The van der Waals surface area contributed by atoms with Crippen LogP contribution in [0.25, 0.3) is 0 Å². The minimum atomic E-state index is 1.08. The van der Waals surface area contributed by atoms with Crippen LogP contribution in [0.5, 0.6) is 0 Å². The highest BCUT2D eigenvalue weighted by atomic mass is 32.1. The Morgan fingerprint density at radius 2 is 1.86 bits per heavy atom. The molecule has 0 amide bonds. The van der Waals surface area contributed by atoms with Gasteiger partial charge in [-0.25, -0.2) is 0 Å². The third-order valence-electron chi connectivity index (χ3n) is 0.866. The topological polar surface area (TPSA) is 26.0 Å². The SMILES string of the molecule is CC1CC1.NC=S. The van der Waals surface area contributed by atoms with Crippen molar-refractivity contribution in [2.24, 2.45) is 11.7 Å². The fraction of sp³-hybridized carbons (Fsp3) is 0.800. The number of rotatable bonds is 0. The van der Waals surface area contributed by atoms with Crippen LogP contribution in [0.1, 0.15) is 19.8 Å². The van der Waals surface area contributed by atoms with Gasteiger partial charge in [-0.2, -0.15) is 0 Å². The van der Waals surface area contributed by atoms with Crippen molar-refractivity contribution in [3.63, 3.8) is 0 Å². The van der Waals surface area contributed by atoms with Gasteiger partial charge in [0.15, 0.2) is 0 Å². The van der Waals surface area contributed by atoms with Crippen molar-refractivity contribution in [1.29, 1.82) is 0 Å². The van der Waals surface area contributed by atoms with Gasteiger partial charge in [0.25, 0.3) is 0 Å². The molecule has 0 bridgehead atoms. The highest BCUT2D eigenvalue weighted by Crippen LogP contribution is 2.26. The molecule has 0 heterocycles. The molecule has 0 unspecified atom stereocenters. The van der Waals surface area contributed by atoms with Crippen LogP contribution < -0.4 is 5.73 Å². The van der Waals surface area contributed by atoms with E-state index in [1.807, 2.05) is 0 Å². The summed E-state index contributed by atoms with van der Waals surface area (Å²) in [6.07, 6.45) is 2.97. The van der Waals surface area contributed by atoms with Crippen LogP contribution >= 0.6 is 12.2 Å². The Labute approximate surface area is 49.9 Å². The molecule has 2 N–H and O–H groups in total. The Hall–Kier alpha value is -0.110. The Kier molecular flexibility index (Phi) is 4.00. The first-order valence-corrected chi connectivity index (χ1v) is 2.93. The Balaban J connectivity index is 0.000000110. The molecule has 0 radical (unpaired) electrons. The molecule has 1 nitrogen and oxygen atoms in total. The number of hydrogen-bond acceptors (Lipinski definition) is 1. The highest BCUT2D eigenvalue weighted by molar-refractivity contribution is 7.78. The molecule has 7 heavy (non-hydrogen) atoms. The van der Waals surface area contributed by atoms with E-state index in [1.165, 1.54) is 12.8 Å². The second kappa shape index (κ2) is 4.06. The molecule has 0 aliphatic heterocycles. The molecule has 1 fully saturated rings. The van der Waals surface area contributed by atoms with Gasteiger partial charge in [-0.05, 0) is 5.92 Å². The van der Waals surface area contributed by atoms with E-state index in [4.69, 9.17) is 0 Å². The first kappa shape index (κ1) is 6.89. The van der Waals surface area contributed by atoms with E-state index < -0.39 is 0 Å². The monoisotopic (exact) mass is 117 g/mol. The van der Waals surface area contributed by atoms with Gasteiger partial charge in [-0.15, -0.1) is 0 Å². The van der Waals surface area contributed by atoms with Crippen LogP contribution in [0, 0.1) is 5.92 Å². The molecule has 0 saturated heterocycles. The molecule has 0 atom stereocenters. The van der Waals surface area contributed by atoms with Crippen LogP contribution in [-0.4, -0.2) is 5.49 Å². The zero-order valence-electron chi connectivity index (χ0n) is 4.55. The minimum Gasteiger partial charge on any atom is -0.396 e. The first-order chi connectivity index (χ1) is 3.31. The molecule has 1 aliphatic carbocycles. The molecule has 0 aromatic carbocycles. The molecule has 0 aromatic rings. The maximum Gasteiger partial charge on any atom is 0.0588 e. The van der Waals surface area contributed by atoms with Crippen molar-refractivity contribution in [2.45, 2.75) is 19.8 Å². The summed E-state index contributed by atoms with van der Waals surface area (Å²) in [7, 11) is 0. The van der Waals surface area contributed by atoms with Crippen LogP contribution in [-0.2, 0) is 0 Å². The van der Waals surface area contributed by atoms with E-state index >= 15 is 0 Å². The van der Waals surface area contributed by atoms with Crippen molar-refractivity contribution in [2.75, 3.05) is 0 Å². The van der Waals surface area contributed by atoms with Gasteiger partial charge < -0.3 is 5.73 Å². The third-order valence-corrected chi connectivity index (χ3v) is 0.866. The maximum absolute atomic E-state index is 4.54. The molecule has 42 valence electrons. The third kappa shape index (κ3) is 10.7. The molecule has 1 aliphatic rings. The van der Waals surface area contributed by atoms with E-state index in [0.29, 0.717) is 0 Å². The van der Waals surface area contributed by atoms with E-state index in [1.54, 1.807) is 0 Å². The maximum atomic E-state index is 4.54. The predicted octanol–water partition coefficient (Wildman–Crippen LogP) is 1.32. The summed E-state index contributed by atoms with van der Waals surface area (Å²) in [6, 6.07) is 0. The Morgan fingerprint density at radius 3 is 1.86 bits per heavy atom. The number of thiocarbonyl (C=S) groups is 1. The lowest BCUT2D eigenvalue weighted by molar-refractivity contribution is 0.983. The van der Waals surface area contributed by atoms with Crippen LogP contribution in [0.2, 0.25) is 0 Å². The van der Waals surface area contributed by atoms with E-state index in [0.717, 1.165) is 11.4 Å². The van der Waals surface area contributed by atoms with Crippen LogP contribution in [0.15, 0.2) is 0 Å². The lowest BCUT2D eigenvalue weighted by Crippen LogP contribution is -1.79. The summed E-state index contributed by atoms with van der Waals surface area (Å²) in [6.45, 7) is 2.28. The average molecular weight is 117 g/mol. The second-order valence-electron chi connectivity index (χ2n) is 1.82. The fourth-order valence-corrected chi connectivity index (χ4v) is 0.167. The van der Waals surface area contributed by atoms with Crippen molar-refractivity contribution in [1.82, 2.24) is 0 Å². The summed E-state index contributed by atoms with van der Waals surface area (Å²) in [5.41, 5.74) is 5.62. The molecule has 2 heteroatoms. The Morgan fingerprint density at radius 1 is 1.71 bits per heavy atom. The quantitative estimate of drug-likeness (QED) is 0.484. The summed E-state index contributed by atoms with van der Waals surface area (Å²) in [5.74, 6) is 1.08. The second-order valence-corrected chi connectivity index (χ2v) is 2.09. The van der Waals surface area contributed by atoms with Gasteiger partial charge in [0.2, 0.25) is 0 Å². The normalized spacial score (nSPS) is 16.7. The van der Waals surface area contributed by atoms with Gasteiger partial charge in [0.1, 0.15) is 0 Å². The van der Waals surface area contributed by atoms with Gasteiger partial charge in [0, 0.05) is 0 Å². The van der Waals surface area contributed by atoms with Gasteiger partial charge in [-0.3, -0.25) is 0 Å². The summed E-state index contributed by atoms with van der Waals surface area (Å²) in [4.78, 5) is 0. The lowest BCUT2D eigenvalue weighted by Gasteiger charge is -1.53. The van der Waals surface area contributed by atoms with Crippen molar-refractivity contribution < 1.29 is 0 Å². The zero-order chi connectivity index (χ0) is 5.70. The zero-order valence-corrected chi connectivity index (χ0v) is 5.37. The highest BCUT2D eigenvalue weighted by Gasteiger charge is 2.12. The first-order valence-electron chi connectivity index (χ1n) is 2.46. The summed E-state index contributed by atoms with van der Waals surface area (Å²) < 4.78 is 0. The van der Waals surface area contributed by atoms with Crippen LogP contribution in [0.3, 0.4) is 0 Å². The molecule has 1 saturated carbocycles. The van der Waals surface area contributed by atoms with E-state index in [2.05, 4.69) is 24.9 Å². The Bertz CT molecular complexity index is 50.0. The summed E-state index contributed by atoms with van der Waals surface area (Å²) in [5, 5.41) is 0. The van der Waals surface area contributed by atoms with E-state index in [9.17, 15) is 0 Å². The molecule has 0 spiro atoms. The number of hydrogen-bond donors (Lipinski definition) is 1. The van der Waals surface area contributed by atoms with E-state index in [-0.39, 0.29) is 0 Å². The van der Waals surface area contributed by atoms with Gasteiger partial charge >= 0.3 is 0 Å². The van der Waals surface area contributed by atoms with Crippen molar-refractivity contribution in [3.05, 3.63) is 0 Å². The standard InChI is InChI=1S/C4H8.CH3NS/c1-4-2-3-4;2-1-3/h4H,2-3H2,1H3;1H,(H2,2,3). The largest absolute Gasteiger partial charge is 0.396 e. The number of nitrogens with two attached hydrogens (primary N) is 1. The average Bonchev–Trinajstić information content (AvgIpc) is 2.25. The molecular formula is C5H11NS. The van der Waals surface area contributed by atoms with Gasteiger partial charge in [-0.1, -0.05) is 32.0 Å². The molecule has 0 aromatic heterocycles. The van der Waals surface area contributed by atoms with Crippen LogP contribution in [0.4, 0.5) is 0 Å². The minimum absolute atomic E-state index is 1.08. The fourth-order valence-electron chi connectivity index (χ4n) is 0.167. The van der Waals surface area contributed by atoms with Crippen molar-refractivity contribution >= 4 is 17.7 Å². The smallest absolute Gasteiger partial charge is 0.0588 e. The molecule has 1 rings (SSSR count). The predicted molar refractivity (Wildman–Crippen MR) is 36.2 cm³/mol.